The molecular formula is C27H28N2O2S. The zero-order valence-electron chi connectivity index (χ0n) is 18.2. The lowest BCUT2D eigenvalue weighted by molar-refractivity contribution is 0.205. The Morgan fingerprint density at radius 2 is 1.66 bits per heavy atom. The molecule has 0 saturated carbocycles. The topological polar surface area (TPSA) is 40.6 Å². The molecule has 32 heavy (non-hydrogen) atoms. The van der Waals surface area contributed by atoms with Crippen molar-refractivity contribution in [3.63, 3.8) is 0 Å². The molecule has 3 aromatic rings. The zero-order chi connectivity index (χ0) is 21.7. The van der Waals surface area contributed by atoms with Gasteiger partial charge in [-0.05, 0) is 85.5 Å². The Balaban J connectivity index is 1.08. The largest absolute Gasteiger partial charge is 0.303 e. The Hall–Kier alpha value is -2.63. The summed E-state index contributed by atoms with van der Waals surface area (Å²) in [5.41, 5.74) is 5.31. The second-order valence-electron chi connectivity index (χ2n) is 9.20. The van der Waals surface area contributed by atoms with Gasteiger partial charge in [-0.25, -0.2) is 8.42 Å². The first-order valence-electron chi connectivity index (χ1n) is 11.7. The maximum absolute atomic E-state index is 13.1. The Bertz CT molecular complexity index is 1320. The summed E-state index contributed by atoms with van der Waals surface area (Å²) >= 11 is 0. The van der Waals surface area contributed by atoms with Gasteiger partial charge in [0.25, 0.3) is 10.0 Å². The van der Waals surface area contributed by atoms with Crippen LogP contribution in [0.1, 0.15) is 30.4 Å². The molecule has 2 heterocycles. The van der Waals surface area contributed by atoms with Crippen LogP contribution >= 0.6 is 0 Å². The molecule has 6 rings (SSSR count). The number of anilines is 1. The number of sulfonamides is 1. The van der Waals surface area contributed by atoms with Crippen molar-refractivity contribution in [3.05, 3.63) is 77.9 Å². The molecule has 0 N–H and O–H groups in total. The summed E-state index contributed by atoms with van der Waals surface area (Å²) in [5, 5.41) is 1.87. The summed E-state index contributed by atoms with van der Waals surface area (Å²) in [6.45, 7) is 3.66. The molecule has 1 saturated heterocycles. The average molecular weight is 445 g/mol. The number of benzene rings is 3. The SMILES string of the molecule is O=S1(=O)c2cccc3cccc(c23)N1CCCN1CCC(C2=CCc3ccccc32)CC1. The maximum Gasteiger partial charge on any atom is 0.265 e. The van der Waals surface area contributed by atoms with Crippen molar-refractivity contribution in [2.75, 3.05) is 30.5 Å². The number of hydrogen-bond donors (Lipinski definition) is 0. The Morgan fingerprint density at radius 1 is 0.875 bits per heavy atom. The van der Waals surface area contributed by atoms with Crippen molar-refractivity contribution in [1.29, 1.82) is 0 Å². The average Bonchev–Trinajstić information content (AvgIpc) is 3.34. The molecule has 164 valence electrons. The van der Waals surface area contributed by atoms with E-state index in [1.807, 2.05) is 30.3 Å². The number of likely N-dealkylation sites (tertiary alicyclic amines) is 1. The van der Waals surface area contributed by atoms with Crippen molar-refractivity contribution in [3.8, 4) is 0 Å². The molecule has 3 aromatic carbocycles. The molecule has 0 unspecified atom stereocenters. The molecule has 5 heteroatoms. The summed E-state index contributed by atoms with van der Waals surface area (Å²) in [4.78, 5) is 2.96. The van der Waals surface area contributed by atoms with Gasteiger partial charge < -0.3 is 4.90 Å². The summed E-state index contributed by atoms with van der Waals surface area (Å²) in [5.74, 6) is 0.654. The van der Waals surface area contributed by atoms with Gasteiger partial charge in [0.1, 0.15) is 0 Å². The van der Waals surface area contributed by atoms with Crippen LogP contribution in [0.15, 0.2) is 71.6 Å². The fraction of sp³-hybridized carbons (Fsp3) is 0.333. The maximum atomic E-state index is 13.1. The van der Waals surface area contributed by atoms with Crippen LogP contribution in [-0.4, -0.2) is 39.5 Å². The highest BCUT2D eigenvalue weighted by molar-refractivity contribution is 7.93. The number of hydrogen-bond acceptors (Lipinski definition) is 3. The molecular weight excluding hydrogens is 416 g/mol. The van der Waals surface area contributed by atoms with Crippen LogP contribution < -0.4 is 4.31 Å². The van der Waals surface area contributed by atoms with Crippen molar-refractivity contribution in [1.82, 2.24) is 4.90 Å². The number of allylic oxidation sites excluding steroid dienone is 2. The lowest BCUT2D eigenvalue weighted by atomic mass is 9.86. The van der Waals surface area contributed by atoms with Gasteiger partial charge in [-0.2, -0.15) is 0 Å². The van der Waals surface area contributed by atoms with Gasteiger partial charge in [0.15, 0.2) is 0 Å². The summed E-state index contributed by atoms with van der Waals surface area (Å²) in [6, 6.07) is 20.3. The fourth-order valence-corrected chi connectivity index (χ4v) is 7.55. The molecule has 0 amide bonds. The third-order valence-electron chi connectivity index (χ3n) is 7.41. The van der Waals surface area contributed by atoms with E-state index in [0.29, 0.717) is 17.4 Å². The second-order valence-corrected chi connectivity index (χ2v) is 11.0. The first-order valence-corrected chi connectivity index (χ1v) is 13.1. The minimum atomic E-state index is -3.44. The van der Waals surface area contributed by atoms with Gasteiger partial charge in [-0.15, -0.1) is 0 Å². The van der Waals surface area contributed by atoms with E-state index in [0.717, 1.165) is 48.9 Å². The lowest BCUT2D eigenvalue weighted by Crippen LogP contribution is -2.37. The van der Waals surface area contributed by atoms with Gasteiger partial charge >= 0.3 is 0 Å². The van der Waals surface area contributed by atoms with Crippen molar-refractivity contribution >= 4 is 32.1 Å². The van der Waals surface area contributed by atoms with E-state index in [-0.39, 0.29) is 0 Å². The van der Waals surface area contributed by atoms with Crippen LogP contribution in [-0.2, 0) is 16.4 Å². The van der Waals surface area contributed by atoms with Crippen molar-refractivity contribution < 1.29 is 8.42 Å². The van der Waals surface area contributed by atoms with Crippen LogP contribution in [0.2, 0.25) is 0 Å². The molecule has 3 aliphatic rings. The predicted octanol–water partition coefficient (Wildman–Crippen LogP) is 5.09. The third kappa shape index (κ3) is 3.18. The molecule has 0 atom stereocenters. The summed E-state index contributed by atoms with van der Waals surface area (Å²) in [6.07, 6.45) is 6.73. The molecule has 0 spiro atoms. The van der Waals surface area contributed by atoms with E-state index >= 15 is 0 Å². The summed E-state index contributed by atoms with van der Waals surface area (Å²) < 4.78 is 27.9. The van der Waals surface area contributed by atoms with E-state index in [1.165, 1.54) is 24.0 Å². The van der Waals surface area contributed by atoms with Crippen LogP contribution in [0.25, 0.3) is 16.3 Å². The molecule has 1 aliphatic carbocycles. The molecule has 1 fully saturated rings. The number of fused-ring (bicyclic) bond motifs is 1. The van der Waals surface area contributed by atoms with E-state index in [9.17, 15) is 8.42 Å². The predicted molar refractivity (Wildman–Crippen MR) is 130 cm³/mol. The van der Waals surface area contributed by atoms with Crippen molar-refractivity contribution in [2.24, 2.45) is 5.92 Å². The molecule has 2 aliphatic heterocycles. The summed E-state index contributed by atoms with van der Waals surface area (Å²) in [7, 11) is -3.44. The Labute approximate surface area is 190 Å². The quantitative estimate of drug-likeness (QED) is 0.550. The standard InChI is InChI=1S/C27H28N2O2S/c30-32(31)26-11-4-8-22-7-3-10-25(27(22)26)29(32)17-5-16-28-18-14-21(15-19-28)24-13-12-20-6-1-2-9-23(20)24/h1-4,6-11,13,21H,5,12,14-19H2. The molecule has 0 aromatic heterocycles. The van der Waals surface area contributed by atoms with Gasteiger partial charge in [-0.3, -0.25) is 4.31 Å². The van der Waals surface area contributed by atoms with Crippen LogP contribution in [0.4, 0.5) is 5.69 Å². The smallest absolute Gasteiger partial charge is 0.265 e. The Kier molecular flexibility index (Phi) is 4.85. The number of piperidine rings is 1. The van der Waals surface area contributed by atoms with E-state index < -0.39 is 10.0 Å². The first-order chi connectivity index (χ1) is 15.6. The van der Waals surface area contributed by atoms with Crippen LogP contribution in [0.5, 0.6) is 0 Å². The van der Waals surface area contributed by atoms with E-state index in [1.54, 1.807) is 15.9 Å². The minimum Gasteiger partial charge on any atom is -0.303 e. The lowest BCUT2D eigenvalue weighted by Gasteiger charge is -2.33. The van der Waals surface area contributed by atoms with Crippen LogP contribution in [0, 0.1) is 5.92 Å². The molecule has 4 nitrogen and oxygen atoms in total. The Morgan fingerprint density at radius 3 is 2.50 bits per heavy atom. The monoisotopic (exact) mass is 444 g/mol. The number of rotatable bonds is 5. The highest BCUT2D eigenvalue weighted by Crippen LogP contribution is 2.42. The number of nitrogens with zero attached hydrogens (tertiary/aromatic N) is 2. The highest BCUT2D eigenvalue weighted by Gasteiger charge is 2.35. The molecule has 0 bridgehead atoms. The molecule has 0 radical (unpaired) electrons. The van der Waals surface area contributed by atoms with E-state index in [2.05, 4.69) is 35.2 Å². The van der Waals surface area contributed by atoms with Crippen molar-refractivity contribution in [2.45, 2.75) is 30.6 Å². The zero-order valence-corrected chi connectivity index (χ0v) is 19.0. The van der Waals surface area contributed by atoms with Gasteiger partial charge in [-0.1, -0.05) is 54.6 Å². The van der Waals surface area contributed by atoms with E-state index in [4.69, 9.17) is 0 Å². The minimum absolute atomic E-state index is 0.455. The normalized spacial score (nSPS) is 20.0. The fourth-order valence-electron chi connectivity index (χ4n) is 5.80. The highest BCUT2D eigenvalue weighted by atomic mass is 32.2. The first kappa shape index (κ1) is 20.0. The van der Waals surface area contributed by atoms with Gasteiger partial charge in [0.05, 0.1) is 10.6 Å². The van der Waals surface area contributed by atoms with Crippen LogP contribution in [0.3, 0.4) is 0 Å². The third-order valence-corrected chi connectivity index (χ3v) is 9.27. The second kappa shape index (κ2) is 7.75. The van der Waals surface area contributed by atoms with Gasteiger partial charge in [0, 0.05) is 11.9 Å². The van der Waals surface area contributed by atoms with Gasteiger partial charge in [0.2, 0.25) is 0 Å².